The van der Waals surface area contributed by atoms with Crippen LogP contribution in [0.5, 0.6) is 5.75 Å². The Hall–Kier alpha value is -2.65. The molecule has 1 unspecified atom stereocenters. The first-order valence-corrected chi connectivity index (χ1v) is 13.1. The molecule has 2 aliphatic rings. The van der Waals surface area contributed by atoms with Gasteiger partial charge >= 0.3 is 5.97 Å². The minimum Gasteiger partial charge on any atom is -0.491 e. The van der Waals surface area contributed by atoms with E-state index in [2.05, 4.69) is 4.90 Å². The van der Waals surface area contributed by atoms with Crippen LogP contribution in [0.15, 0.2) is 47.4 Å². The van der Waals surface area contributed by atoms with Crippen molar-refractivity contribution in [3.05, 3.63) is 53.8 Å². The molecule has 1 atom stereocenters. The second-order valence-corrected chi connectivity index (χ2v) is 11.2. The first-order valence-electron chi connectivity index (χ1n) is 11.7. The lowest BCUT2D eigenvalue weighted by molar-refractivity contribution is -0.137. The van der Waals surface area contributed by atoms with Crippen molar-refractivity contribution < 1.29 is 27.4 Å². The Bertz CT molecular complexity index is 1130. The summed E-state index contributed by atoms with van der Waals surface area (Å²) < 4.78 is 47.3. The molecule has 0 radical (unpaired) electrons. The average Bonchev–Trinajstić information content (AvgIpc) is 3.15. The number of aliphatic carboxylic acids is 1. The monoisotopic (exact) mass is 490 g/mol. The molecule has 0 bridgehead atoms. The van der Waals surface area contributed by atoms with Gasteiger partial charge in [-0.15, -0.1) is 0 Å². The highest BCUT2D eigenvalue weighted by atomic mass is 32.2. The molecule has 0 aromatic heterocycles. The number of sulfonamides is 1. The van der Waals surface area contributed by atoms with Crippen LogP contribution in [0.1, 0.15) is 45.1 Å². The average molecular weight is 491 g/mol. The Labute approximate surface area is 200 Å². The van der Waals surface area contributed by atoms with E-state index in [4.69, 9.17) is 9.84 Å². The third-order valence-corrected chi connectivity index (χ3v) is 8.42. The molecule has 2 heterocycles. The maximum atomic E-state index is 13.8. The molecule has 9 heteroatoms. The highest BCUT2D eigenvalue weighted by Gasteiger charge is 2.38. The van der Waals surface area contributed by atoms with Crippen LogP contribution in [-0.2, 0) is 21.2 Å². The van der Waals surface area contributed by atoms with Gasteiger partial charge in [0.25, 0.3) is 0 Å². The third kappa shape index (κ3) is 5.20. The second-order valence-electron chi connectivity index (χ2n) is 9.24. The van der Waals surface area contributed by atoms with Gasteiger partial charge in [0.15, 0.2) is 0 Å². The number of carboxylic acids is 1. The van der Waals surface area contributed by atoms with Crippen LogP contribution >= 0.6 is 0 Å². The van der Waals surface area contributed by atoms with Crippen molar-refractivity contribution >= 4 is 21.7 Å². The summed E-state index contributed by atoms with van der Waals surface area (Å²) in [5.41, 5.74) is 1.81. The molecule has 2 aromatic rings. The van der Waals surface area contributed by atoms with Gasteiger partial charge in [-0.3, -0.25) is 4.79 Å². The van der Waals surface area contributed by atoms with Crippen molar-refractivity contribution in [1.29, 1.82) is 0 Å². The van der Waals surface area contributed by atoms with E-state index in [0.717, 1.165) is 11.3 Å². The number of ether oxygens (including phenoxy) is 1. The van der Waals surface area contributed by atoms with E-state index in [0.29, 0.717) is 44.5 Å². The second kappa shape index (κ2) is 9.92. The maximum Gasteiger partial charge on any atom is 0.303 e. The number of rotatable bonds is 8. The molecule has 34 heavy (non-hydrogen) atoms. The van der Waals surface area contributed by atoms with Crippen LogP contribution in [0.25, 0.3) is 0 Å². The molecule has 1 saturated heterocycles. The van der Waals surface area contributed by atoms with Crippen molar-refractivity contribution in [2.75, 3.05) is 18.0 Å². The minimum atomic E-state index is -3.62. The van der Waals surface area contributed by atoms with E-state index in [1.807, 2.05) is 13.8 Å². The number of benzene rings is 2. The number of hydrogen-bond donors (Lipinski definition) is 1. The Kier molecular flexibility index (Phi) is 7.14. The zero-order chi connectivity index (χ0) is 24.5. The predicted octanol–water partition coefficient (Wildman–Crippen LogP) is 4.06. The molecule has 1 N–H and O–H groups in total. The largest absolute Gasteiger partial charge is 0.491 e. The quantitative estimate of drug-likeness (QED) is 0.601. The van der Waals surface area contributed by atoms with E-state index < -0.39 is 16.0 Å². The number of fused-ring (bicyclic) bond motifs is 1. The number of piperidine rings is 1. The van der Waals surface area contributed by atoms with Crippen molar-refractivity contribution in [2.45, 2.75) is 69.0 Å². The summed E-state index contributed by atoms with van der Waals surface area (Å²) >= 11 is 0. The fourth-order valence-corrected chi connectivity index (χ4v) is 6.49. The fraction of sp³-hybridized carbons (Fsp3) is 0.480. The van der Waals surface area contributed by atoms with E-state index in [1.165, 1.54) is 16.4 Å². The fourth-order valence-electron chi connectivity index (χ4n) is 5.02. The number of anilines is 1. The highest BCUT2D eigenvalue weighted by Crippen LogP contribution is 2.39. The first kappa shape index (κ1) is 24.5. The molecular formula is C25H31FN2O5S. The number of halogens is 1. The van der Waals surface area contributed by atoms with Crippen molar-refractivity contribution in [2.24, 2.45) is 0 Å². The molecule has 0 saturated carbocycles. The van der Waals surface area contributed by atoms with Crippen LogP contribution in [0.2, 0.25) is 0 Å². The lowest BCUT2D eigenvalue weighted by Gasteiger charge is -2.40. The van der Waals surface area contributed by atoms with Gasteiger partial charge in [-0.05, 0) is 87.6 Å². The van der Waals surface area contributed by atoms with Crippen molar-refractivity contribution in [3.63, 3.8) is 0 Å². The summed E-state index contributed by atoms with van der Waals surface area (Å²) in [6.45, 7) is 4.57. The van der Waals surface area contributed by atoms with E-state index in [1.54, 1.807) is 30.3 Å². The molecular weight excluding hydrogens is 459 g/mol. The van der Waals surface area contributed by atoms with E-state index in [-0.39, 0.29) is 35.3 Å². The first-order chi connectivity index (χ1) is 16.1. The molecule has 7 nitrogen and oxygen atoms in total. The zero-order valence-corrected chi connectivity index (χ0v) is 20.3. The van der Waals surface area contributed by atoms with Crippen molar-refractivity contribution in [1.82, 2.24) is 4.31 Å². The molecule has 4 rings (SSSR count). The van der Waals surface area contributed by atoms with E-state index in [9.17, 15) is 17.6 Å². The third-order valence-electron chi connectivity index (χ3n) is 6.51. The Morgan fingerprint density at radius 1 is 1.15 bits per heavy atom. The van der Waals surface area contributed by atoms with Crippen LogP contribution < -0.4 is 9.64 Å². The smallest absolute Gasteiger partial charge is 0.303 e. The zero-order valence-electron chi connectivity index (χ0n) is 19.5. The summed E-state index contributed by atoms with van der Waals surface area (Å²) in [5, 5.41) is 9.16. The SMILES string of the molecule is CC(C)Oc1ccc(S(=O)(=O)N2CCC(N3c4ccc(F)cc4CC3CCC(=O)O)CC2)cc1. The van der Waals surface area contributed by atoms with Crippen LogP contribution in [0.3, 0.4) is 0 Å². The Morgan fingerprint density at radius 3 is 2.44 bits per heavy atom. The van der Waals surface area contributed by atoms with Crippen molar-refractivity contribution in [3.8, 4) is 5.75 Å². The molecule has 0 aliphatic carbocycles. The molecule has 1 fully saturated rings. The van der Waals surface area contributed by atoms with Gasteiger partial charge < -0.3 is 14.7 Å². The molecule has 2 aliphatic heterocycles. The summed E-state index contributed by atoms with van der Waals surface area (Å²) in [6, 6.07) is 11.2. The topological polar surface area (TPSA) is 87.2 Å². The summed E-state index contributed by atoms with van der Waals surface area (Å²) in [6.07, 6.45) is 2.36. The molecule has 0 amide bonds. The number of hydrogen-bond acceptors (Lipinski definition) is 5. The highest BCUT2D eigenvalue weighted by molar-refractivity contribution is 7.89. The summed E-state index contributed by atoms with van der Waals surface area (Å²) in [7, 11) is -3.62. The lowest BCUT2D eigenvalue weighted by atomic mass is 10.0. The molecule has 184 valence electrons. The summed E-state index contributed by atoms with van der Waals surface area (Å²) in [5.74, 6) is -0.527. The standard InChI is InChI=1S/C25H31FN2O5S/c1-17(2)33-22-5-7-23(8-6-22)34(31,32)27-13-11-20(12-14-27)28-21(4-10-25(29)30)16-18-15-19(26)3-9-24(18)28/h3,5-9,15,17,20-21H,4,10-14,16H2,1-2H3,(H,29,30). The Balaban J connectivity index is 1.47. The number of carboxylic acid groups (broad SMARTS) is 1. The Morgan fingerprint density at radius 2 is 1.82 bits per heavy atom. The number of nitrogens with zero attached hydrogens (tertiary/aromatic N) is 2. The normalized spacial score (nSPS) is 19.4. The van der Waals surface area contributed by atoms with Crippen LogP contribution in [0, 0.1) is 5.82 Å². The molecule has 0 spiro atoms. The van der Waals surface area contributed by atoms with Gasteiger partial charge in [0, 0.05) is 37.3 Å². The van der Waals surface area contributed by atoms with Gasteiger partial charge in [-0.2, -0.15) is 4.31 Å². The van der Waals surface area contributed by atoms with Crippen LogP contribution in [-0.4, -0.2) is 55.1 Å². The maximum absolute atomic E-state index is 13.8. The number of carbonyl (C=O) groups is 1. The van der Waals surface area contributed by atoms with Gasteiger partial charge in [0.05, 0.1) is 11.0 Å². The van der Waals surface area contributed by atoms with Gasteiger partial charge in [-0.1, -0.05) is 0 Å². The molecule has 2 aromatic carbocycles. The van der Waals surface area contributed by atoms with Gasteiger partial charge in [0.2, 0.25) is 10.0 Å². The van der Waals surface area contributed by atoms with Gasteiger partial charge in [0.1, 0.15) is 11.6 Å². The van der Waals surface area contributed by atoms with Gasteiger partial charge in [-0.25, -0.2) is 12.8 Å². The minimum absolute atomic E-state index is 0.00743. The summed E-state index contributed by atoms with van der Waals surface area (Å²) in [4.78, 5) is 13.6. The van der Waals surface area contributed by atoms with Crippen LogP contribution in [0.4, 0.5) is 10.1 Å². The predicted molar refractivity (Wildman–Crippen MR) is 127 cm³/mol. The lowest BCUT2D eigenvalue weighted by Crippen LogP contribution is -2.49. The van der Waals surface area contributed by atoms with E-state index >= 15 is 0 Å².